The minimum atomic E-state index is -0.748. The number of hydrogen-bond donors (Lipinski definition) is 1. The van der Waals surface area contributed by atoms with E-state index in [1.165, 1.54) is 7.11 Å². The number of rotatable bonds is 8. The topological polar surface area (TPSA) is 60.3 Å². The maximum Gasteiger partial charge on any atom is 0.328 e. The molecule has 1 atom stereocenters. The lowest BCUT2D eigenvalue weighted by Gasteiger charge is -2.28. The molecule has 1 heterocycles. The molecule has 1 N–H and O–H groups in total. The summed E-state index contributed by atoms with van der Waals surface area (Å²) in [4.78, 5) is 25.1. The summed E-state index contributed by atoms with van der Waals surface area (Å²) < 4.78 is 19.2. The monoisotopic (exact) mass is 376 g/mol. The summed E-state index contributed by atoms with van der Waals surface area (Å²) in [5, 5.41) is 3.66. The molecule has 0 spiro atoms. The van der Waals surface area contributed by atoms with Gasteiger partial charge in [-0.1, -0.05) is 39.0 Å². The second-order valence-electron chi connectivity index (χ2n) is 7.80. The van der Waals surface area contributed by atoms with Crippen LogP contribution in [0, 0.1) is 5.41 Å². The first kappa shape index (κ1) is 20.9. The van der Waals surface area contributed by atoms with Crippen molar-refractivity contribution in [1.29, 1.82) is 0 Å². The quantitative estimate of drug-likeness (QED) is 0.557. The van der Waals surface area contributed by atoms with E-state index in [1.807, 2.05) is 55.8 Å². The van der Waals surface area contributed by atoms with Gasteiger partial charge in [-0.2, -0.15) is 0 Å². The zero-order valence-electron chi connectivity index (χ0n) is 16.5. The molecule has 2 aromatic rings. The molecule has 0 aliphatic rings. The Morgan fingerprint density at radius 1 is 1.19 bits per heavy atom. The van der Waals surface area contributed by atoms with Crippen molar-refractivity contribution >= 4 is 22.8 Å². The standard InChI is InChI=1S/C21H29FN2O3/c1-21(2,3)18(20(26)27-4)23-19(25)16-14-24(13-9-5-8-12-22)17-11-7-6-10-15(16)17/h6-7,10-11,14,18H,5,8-9,12-13H2,1-4H3,(H,23,25)/t18-/m0/s1. The van der Waals surface area contributed by atoms with Gasteiger partial charge < -0.3 is 14.6 Å². The van der Waals surface area contributed by atoms with Gasteiger partial charge in [-0.15, -0.1) is 0 Å². The molecular formula is C21H29FN2O3. The predicted molar refractivity (Wildman–Crippen MR) is 104 cm³/mol. The summed E-state index contributed by atoms with van der Waals surface area (Å²) in [6, 6.07) is 6.92. The van der Waals surface area contributed by atoms with Crippen LogP contribution in [0.5, 0.6) is 0 Å². The first-order valence-corrected chi connectivity index (χ1v) is 9.32. The summed E-state index contributed by atoms with van der Waals surface area (Å²) in [7, 11) is 1.32. The smallest absolute Gasteiger partial charge is 0.328 e. The molecule has 0 aliphatic carbocycles. The molecule has 2 rings (SSSR count). The summed E-state index contributed by atoms with van der Waals surface area (Å²) >= 11 is 0. The number of amides is 1. The molecule has 0 aliphatic heterocycles. The summed E-state index contributed by atoms with van der Waals surface area (Å²) in [6.45, 7) is 6.05. The fourth-order valence-corrected chi connectivity index (χ4v) is 3.12. The Kier molecular flexibility index (Phi) is 6.99. The number of hydrogen-bond acceptors (Lipinski definition) is 3. The van der Waals surface area contributed by atoms with Gasteiger partial charge in [-0.25, -0.2) is 4.79 Å². The number of carbonyl (C=O) groups is 2. The summed E-state index contributed by atoms with van der Waals surface area (Å²) in [5.74, 6) is -0.773. The van der Waals surface area contributed by atoms with Crippen LogP contribution < -0.4 is 5.32 Å². The first-order valence-electron chi connectivity index (χ1n) is 9.32. The van der Waals surface area contributed by atoms with E-state index in [-0.39, 0.29) is 12.6 Å². The van der Waals surface area contributed by atoms with Gasteiger partial charge in [0.2, 0.25) is 0 Å². The molecule has 148 valence electrons. The maximum absolute atomic E-state index is 12.9. The minimum Gasteiger partial charge on any atom is -0.467 e. The Labute approximate surface area is 159 Å². The molecule has 27 heavy (non-hydrogen) atoms. The van der Waals surface area contributed by atoms with Gasteiger partial charge in [-0.3, -0.25) is 9.18 Å². The van der Waals surface area contributed by atoms with E-state index in [2.05, 4.69) is 5.32 Å². The highest BCUT2D eigenvalue weighted by molar-refractivity contribution is 6.08. The zero-order chi connectivity index (χ0) is 20.0. The average Bonchev–Trinajstić information content (AvgIpc) is 3.00. The van der Waals surface area contributed by atoms with E-state index < -0.39 is 17.4 Å². The van der Waals surface area contributed by atoms with Crippen LogP contribution in [0.1, 0.15) is 50.4 Å². The molecule has 0 saturated carbocycles. The van der Waals surface area contributed by atoms with Crippen LogP contribution in [0.2, 0.25) is 0 Å². The molecule has 6 heteroatoms. The maximum atomic E-state index is 12.9. The van der Waals surface area contributed by atoms with Crippen molar-refractivity contribution in [3.63, 3.8) is 0 Å². The molecule has 1 aromatic heterocycles. The molecule has 1 amide bonds. The third-order valence-corrected chi connectivity index (χ3v) is 4.64. The largest absolute Gasteiger partial charge is 0.467 e. The molecule has 0 radical (unpaired) electrons. The van der Waals surface area contributed by atoms with Crippen molar-refractivity contribution in [2.75, 3.05) is 13.8 Å². The number of carbonyl (C=O) groups excluding carboxylic acids is 2. The van der Waals surface area contributed by atoms with Crippen molar-refractivity contribution < 1.29 is 18.7 Å². The third-order valence-electron chi connectivity index (χ3n) is 4.64. The second-order valence-corrected chi connectivity index (χ2v) is 7.80. The number of benzene rings is 1. The van der Waals surface area contributed by atoms with Crippen molar-refractivity contribution in [3.05, 3.63) is 36.0 Å². The highest BCUT2D eigenvalue weighted by Crippen LogP contribution is 2.24. The van der Waals surface area contributed by atoms with Crippen LogP contribution in [-0.2, 0) is 16.1 Å². The fourth-order valence-electron chi connectivity index (χ4n) is 3.12. The third kappa shape index (κ3) is 5.08. The van der Waals surface area contributed by atoms with E-state index in [0.29, 0.717) is 18.5 Å². The Hall–Kier alpha value is -2.37. The van der Waals surface area contributed by atoms with Crippen LogP contribution in [0.15, 0.2) is 30.5 Å². The fraction of sp³-hybridized carbons (Fsp3) is 0.524. The Morgan fingerprint density at radius 3 is 2.52 bits per heavy atom. The van der Waals surface area contributed by atoms with Gasteiger partial charge >= 0.3 is 5.97 Å². The molecule has 5 nitrogen and oxygen atoms in total. The van der Waals surface area contributed by atoms with Crippen molar-refractivity contribution in [2.24, 2.45) is 5.41 Å². The number of fused-ring (bicyclic) bond motifs is 1. The first-order chi connectivity index (χ1) is 12.8. The number of alkyl halides is 1. The van der Waals surface area contributed by atoms with Crippen molar-refractivity contribution in [1.82, 2.24) is 9.88 Å². The van der Waals surface area contributed by atoms with E-state index in [4.69, 9.17) is 4.74 Å². The second kappa shape index (κ2) is 9.02. The minimum absolute atomic E-state index is 0.304. The van der Waals surface area contributed by atoms with Gasteiger partial charge in [0.15, 0.2) is 0 Å². The highest BCUT2D eigenvalue weighted by Gasteiger charge is 2.34. The van der Waals surface area contributed by atoms with Gasteiger partial charge in [0.1, 0.15) is 6.04 Å². The van der Waals surface area contributed by atoms with Crippen LogP contribution in [0.25, 0.3) is 10.9 Å². The van der Waals surface area contributed by atoms with Crippen LogP contribution in [-0.4, -0.2) is 36.3 Å². The van der Waals surface area contributed by atoms with Gasteiger partial charge in [0.25, 0.3) is 5.91 Å². The van der Waals surface area contributed by atoms with Crippen molar-refractivity contribution in [3.8, 4) is 0 Å². The average molecular weight is 376 g/mol. The molecule has 1 aromatic carbocycles. The van der Waals surface area contributed by atoms with Crippen molar-refractivity contribution in [2.45, 2.75) is 52.6 Å². The number of nitrogens with one attached hydrogen (secondary N) is 1. The SMILES string of the molecule is COC(=O)[C@H](NC(=O)c1cn(CCCCCF)c2ccccc12)C(C)(C)C. The lowest BCUT2D eigenvalue weighted by Crippen LogP contribution is -2.49. The van der Waals surface area contributed by atoms with E-state index >= 15 is 0 Å². The van der Waals surface area contributed by atoms with Crippen LogP contribution in [0.4, 0.5) is 4.39 Å². The number of halogens is 1. The van der Waals surface area contributed by atoms with Crippen LogP contribution in [0.3, 0.4) is 0 Å². The Morgan fingerprint density at radius 2 is 1.89 bits per heavy atom. The lowest BCUT2D eigenvalue weighted by atomic mass is 9.86. The molecule has 0 fully saturated rings. The van der Waals surface area contributed by atoms with Gasteiger partial charge in [-0.05, 0) is 30.7 Å². The Balaban J connectivity index is 2.28. The summed E-state index contributed by atoms with van der Waals surface area (Å²) in [5.41, 5.74) is 0.996. The molecule has 0 saturated heterocycles. The number of aromatic nitrogens is 1. The zero-order valence-corrected chi connectivity index (χ0v) is 16.5. The number of methoxy groups -OCH3 is 1. The van der Waals surface area contributed by atoms with Gasteiger partial charge in [0, 0.05) is 23.6 Å². The van der Waals surface area contributed by atoms with E-state index in [1.54, 1.807) is 0 Å². The summed E-state index contributed by atoms with van der Waals surface area (Å²) in [6.07, 6.45) is 4.01. The number of ether oxygens (including phenoxy) is 1. The number of para-hydroxylation sites is 1. The Bertz CT molecular complexity index is 792. The predicted octanol–water partition coefficient (Wildman–Crippen LogP) is 4.10. The lowest BCUT2D eigenvalue weighted by molar-refractivity contribution is -0.145. The van der Waals surface area contributed by atoms with E-state index in [0.717, 1.165) is 23.7 Å². The van der Waals surface area contributed by atoms with E-state index in [9.17, 15) is 14.0 Å². The highest BCUT2D eigenvalue weighted by atomic mass is 19.1. The number of unbranched alkanes of at least 4 members (excludes halogenated alkanes) is 2. The van der Waals surface area contributed by atoms with Crippen LogP contribution >= 0.6 is 0 Å². The number of esters is 1. The van der Waals surface area contributed by atoms with Gasteiger partial charge in [0.05, 0.1) is 19.3 Å². The molecule has 0 bridgehead atoms. The molecule has 0 unspecified atom stereocenters. The normalized spacial score (nSPS) is 12.8. The number of nitrogens with zero attached hydrogens (tertiary/aromatic N) is 1. The molecular weight excluding hydrogens is 347 g/mol. The number of aryl methyl sites for hydroxylation is 1.